The normalized spacial score (nSPS) is 15.0. The minimum Gasteiger partial charge on any atom is -0.376 e. The minimum absolute atomic E-state index is 0.0410. The molecule has 0 radical (unpaired) electrons. The second kappa shape index (κ2) is 6.22. The highest BCUT2D eigenvalue weighted by Crippen LogP contribution is 2.15. The van der Waals surface area contributed by atoms with E-state index < -0.39 is 0 Å². The summed E-state index contributed by atoms with van der Waals surface area (Å²) in [6, 6.07) is 7.94. The van der Waals surface area contributed by atoms with Crippen LogP contribution in [0.2, 0.25) is 0 Å². The summed E-state index contributed by atoms with van der Waals surface area (Å²) < 4.78 is 0. The van der Waals surface area contributed by atoms with Gasteiger partial charge in [-0.3, -0.25) is 9.59 Å². The Morgan fingerprint density at radius 2 is 2.21 bits per heavy atom. The van der Waals surface area contributed by atoms with Gasteiger partial charge in [-0.1, -0.05) is 25.1 Å². The van der Waals surface area contributed by atoms with Crippen LogP contribution in [0, 0.1) is 0 Å². The van der Waals surface area contributed by atoms with Crippen LogP contribution in [0.25, 0.3) is 0 Å². The van der Waals surface area contributed by atoms with Crippen LogP contribution in [0.1, 0.15) is 12.5 Å². The van der Waals surface area contributed by atoms with Crippen LogP contribution in [0.5, 0.6) is 0 Å². The minimum atomic E-state index is -0.0893. The molecule has 19 heavy (non-hydrogen) atoms. The lowest BCUT2D eigenvalue weighted by Crippen LogP contribution is -2.51. The number of hydrogen-bond acceptors (Lipinski definition) is 3. The summed E-state index contributed by atoms with van der Waals surface area (Å²) in [4.78, 5) is 24.8. The Morgan fingerprint density at radius 3 is 2.95 bits per heavy atom. The maximum Gasteiger partial charge on any atom is 0.242 e. The molecule has 1 aromatic rings. The Bertz CT molecular complexity index is 474. The third-order valence-electron chi connectivity index (χ3n) is 3.22. The summed E-state index contributed by atoms with van der Waals surface area (Å²) in [6.07, 6.45) is 0.920. The van der Waals surface area contributed by atoms with E-state index in [-0.39, 0.29) is 24.9 Å². The smallest absolute Gasteiger partial charge is 0.242 e. The number of aryl methyl sites for hydroxylation is 1. The van der Waals surface area contributed by atoms with Gasteiger partial charge in [-0.25, -0.2) is 0 Å². The third-order valence-corrected chi connectivity index (χ3v) is 3.22. The number of hydrogen-bond donors (Lipinski definition) is 2. The molecule has 1 aromatic carbocycles. The standard InChI is InChI=1S/C14H19N3O2/c1-2-11-5-3-4-6-12(11)16-9-14(19)17-8-7-15-13(18)10-17/h3-6,16H,2,7-10H2,1H3,(H,15,18). The summed E-state index contributed by atoms with van der Waals surface area (Å²) >= 11 is 0. The van der Waals surface area contributed by atoms with Gasteiger partial charge in [0, 0.05) is 18.8 Å². The molecule has 1 heterocycles. The molecule has 1 fully saturated rings. The molecule has 102 valence electrons. The molecule has 2 amide bonds. The molecule has 5 heteroatoms. The molecule has 0 saturated carbocycles. The molecule has 1 aliphatic heterocycles. The number of amides is 2. The molecule has 0 unspecified atom stereocenters. The van der Waals surface area contributed by atoms with Crippen molar-refractivity contribution in [2.75, 3.05) is 31.5 Å². The predicted molar refractivity (Wildman–Crippen MR) is 73.9 cm³/mol. The first-order valence-electron chi connectivity index (χ1n) is 6.57. The van der Waals surface area contributed by atoms with E-state index in [9.17, 15) is 9.59 Å². The zero-order chi connectivity index (χ0) is 13.7. The van der Waals surface area contributed by atoms with E-state index in [0.29, 0.717) is 13.1 Å². The van der Waals surface area contributed by atoms with Gasteiger partial charge in [-0.15, -0.1) is 0 Å². The molecule has 0 atom stereocenters. The molecular formula is C14H19N3O2. The van der Waals surface area contributed by atoms with Gasteiger partial charge >= 0.3 is 0 Å². The first-order chi connectivity index (χ1) is 9.20. The fraction of sp³-hybridized carbons (Fsp3) is 0.429. The second-order valence-electron chi connectivity index (χ2n) is 4.53. The topological polar surface area (TPSA) is 61.4 Å². The van der Waals surface area contributed by atoms with Crippen LogP contribution < -0.4 is 10.6 Å². The van der Waals surface area contributed by atoms with Crippen LogP contribution >= 0.6 is 0 Å². The Hall–Kier alpha value is -2.04. The van der Waals surface area contributed by atoms with Crippen molar-refractivity contribution in [2.24, 2.45) is 0 Å². The van der Waals surface area contributed by atoms with Crippen molar-refractivity contribution in [1.29, 1.82) is 0 Å². The summed E-state index contributed by atoms with van der Waals surface area (Å²) in [5, 5.41) is 5.86. The first kappa shape index (κ1) is 13.4. The SMILES string of the molecule is CCc1ccccc1NCC(=O)N1CCNC(=O)C1. The number of benzene rings is 1. The second-order valence-corrected chi connectivity index (χ2v) is 4.53. The average Bonchev–Trinajstić information content (AvgIpc) is 2.45. The zero-order valence-corrected chi connectivity index (χ0v) is 11.1. The van der Waals surface area contributed by atoms with Gasteiger partial charge in [0.1, 0.15) is 0 Å². The number of nitrogens with one attached hydrogen (secondary N) is 2. The molecule has 5 nitrogen and oxygen atoms in total. The molecule has 0 aromatic heterocycles. The Balaban J connectivity index is 1.91. The van der Waals surface area contributed by atoms with E-state index in [1.165, 1.54) is 5.56 Å². The maximum atomic E-state index is 12.0. The van der Waals surface area contributed by atoms with Gasteiger partial charge in [-0.2, -0.15) is 0 Å². The molecule has 0 spiro atoms. The van der Waals surface area contributed by atoms with Crippen molar-refractivity contribution in [3.8, 4) is 0 Å². The van der Waals surface area contributed by atoms with Crippen molar-refractivity contribution in [1.82, 2.24) is 10.2 Å². The number of anilines is 1. The first-order valence-corrected chi connectivity index (χ1v) is 6.57. The van der Waals surface area contributed by atoms with Crippen LogP contribution in [0.4, 0.5) is 5.69 Å². The van der Waals surface area contributed by atoms with Crippen molar-refractivity contribution >= 4 is 17.5 Å². The maximum absolute atomic E-state index is 12.0. The highest BCUT2D eigenvalue weighted by atomic mass is 16.2. The number of carbonyl (C=O) groups excluding carboxylic acids is 2. The highest BCUT2D eigenvalue weighted by Gasteiger charge is 2.20. The van der Waals surface area contributed by atoms with Crippen molar-refractivity contribution in [2.45, 2.75) is 13.3 Å². The molecule has 2 N–H and O–H groups in total. The largest absolute Gasteiger partial charge is 0.376 e. The third kappa shape index (κ3) is 3.47. The molecule has 1 saturated heterocycles. The van der Waals surface area contributed by atoms with Gasteiger partial charge in [-0.05, 0) is 18.1 Å². The summed E-state index contributed by atoms with van der Waals surface area (Å²) in [5.74, 6) is -0.130. The number of rotatable bonds is 4. The van der Waals surface area contributed by atoms with E-state index >= 15 is 0 Å². The van der Waals surface area contributed by atoms with Crippen LogP contribution in [0.15, 0.2) is 24.3 Å². The van der Waals surface area contributed by atoms with Gasteiger partial charge in [0.25, 0.3) is 0 Å². The van der Waals surface area contributed by atoms with Crippen molar-refractivity contribution in [3.63, 3.8) is 0 Å². The monoisotopic (exact) mass is 261 g/mol. The lowest BCUT2D eigenvalue weighted by atomic mass is 10.1. The average molecular weight is 261 g/mol. The van der Waals surface area contributed by atoms with Gasteiger partial charge in [0.2, 0.25) is 11.8 Å². The van der Waals surface area contributed by atoms with E-state index in [1.54, 1.807) is 4.90 Å². The van der Waals surface area contributed by atoms with E-state index in [0.717, 1.165) is 12.1 Å². The number of piperazine rings is 1. The summed E-state index contributed by atoms with van der Waals surface area (Å²) in [7, 11) is 0. The fourth-order valence-corrected chi connectivity index (χ4v) is 2.14. The summed E-state index contributed by atoms with van der Waals surface area (Å²) in [6.45, 7) is 3.59. The quantitative estimate of drug-likeness (QED) is 0.835. The van der Waals surface area contributed by atoms with Crippen LogP contribution in [-0.4, -0.2) is 42.9 Å². The predicted octanol–water partition coefficient (Wildman–Crippen LogP) is 0.619. The van der Waals surface area contributed by atoms with Gasteiger partial charge < -0.3 is 15.5 Å². The molecule has 1 aliphatic rings. The molecule has 0 bridgehead atoms. The Labute approximate surface area is 113 Å². The molecule has 2 rings (SSSR count). The number of nitrogens with zero attached hydrogens (tertiary/aromatic N) is 1. The lowest BCUT2D eigenvalue weighted by Gasteiger charge is -2.27. The van der Waals surface area contributed by atoms with E-state index in [2.05, 4.69) is 17.6 Å². The summed E-state index contributed by atoms with van der Waals surface area (Å²) in [5.41, 5.74) is 2.17. The van der Waals surface area contributed by atoms with Crippen LogP contribution in [-0.2, 0) is 16.0 Å². The Morgan fingerprint density at radius 1 is 1.42 bits per heavy atom. The lowest BCUT2D eigenvalue weighted by molar-refractivity contribution is -0.136. The fourth-order valence-electron chi connectivity index (χ4n) is 2.14. The van der Waals surface area contributed by atoms with Crippen molar-refractivity contribution < 1.29 is 9.59 Å². The molecule has 0 aliphatic carbocycles. The van der Waals surface area contributed by atoms with Crippen LogP contribution in [0.3, 0.4) is 0 Å². The van der Waals surface area contributed by atoms with E-state index in [1.807, 2.05) is 24.3 Å². The zero-order valence-electron chi connectivity index (χ0n) is 11.1. The van der Waals surface area contributed by atoms with Gasteiger partial charge in [0.05, 0.1) is 13.1 Å². The van der Waals surface area contributed by atoms with Crippen molar-refractivity contribution in [3.05, 3.63) is 29.8 Å². The Kier molecular flexibility index (Phi) is 4.39. The number of para-hydroxylation sites is 1. The molecular weight excluding hydrogens is 242 g/mol. The highest BCUT2D eigenvalue weighted by molar-refractivity contribution is 5.87. The number of carbonyl (C=O) groups is 2. The van der Waals surface area contributed by atoms with E-state index in [4.69, 9.17) is 0 Å². The van der Waals surface area contributed by atoms with Gasteiger partial charge in [0.15, 0.2) is 0 Å².